The second kappa shape index (κ2) is 12.3. The molecule has 0 unspecified atom stereocenters. The number of anilines is 3. The lowest BCUT2D eigenvalue weighted by atomic mass is 10.1. The van der Waals surface area contributed by atoms with Gasteiger partial charge in [0, 0.05) is 5.69 Å². The molecule has 0 aliphatic rings. The van der Waals surface area contributed by atoms with Crippen molar-refractivity contribution in [2.45, 2.75) is 37.5 Å². The molecule has 0 aliphatic heterocycles. The smallest absolute Gasteiger partial charge is 0.264 e. The topological polar surface area (TPSA) is 122 Å². The van der Waals surface area contributed by atoms with Crippen molar-refractivity contribution in [3.05, 3.63) is 107 Å². The Morgan fingerprint density at radius 3 is 1.98 bits per heavy atom. The van der Waals surface area contributed by atoms with Crippen molar-refractivity contribution < 1.29 is 26.4 Å². The number of carbonyl (C=O) groups excluding carboxylic acids is 1. The normalized spacial score (nSPS) is 11.5. The third-order valence-corrected chi connectivity index (χ3v) is 9.89. The van der Waals surface area contributed by atoms with E-state index in [2.05, 4.69) is 10.0 Å². The second-order valence-electron chi connectivity index (χ2n) is 9.98. The summed E-state index contributed by atoms with van der Waals surface area (Å²) in [6.07, 6.45) is 0. The van der Waals surface area contributed by atoms with Crippen LogP contribution in [-0.4, -0.2) is 36.4 Å². The molecule has 0 fully saturated rings. The third kappa shape index (κ3) is 6.92. The van der Waals surface area contributed by atoms with Crippen LogP contribution in [0.3, 0.4) is 0 Å². The lowest BCUT2D eigenvalue weighted by Crippen LogP contribution is -2.38. The number of sulfonamides is 2. The highest BCUT2D eigenvalue weighted by Crippen LogP contribution is 2.29. The number of amides is 1. The van der Waals surface area contributed by atoms with E-state index < -0.39 is 32.5 Å². The Morgan fingerprint density at radius 1 is 0.738 bits per heavy atom. The van der Waals surface area contributed by atoms with Gasteiger partial charge in [-0.2, -0.15) is 0 Å². The van der Waals surface area contributed by atoms with E-state index in [0.29, 0.717) is 22.8 Å². The molecule has 220 valence electrons. The van der Waals surface area contributed by atoms with Gasteiger partial charge < -0.3 is 10.1 Å². The Balaban J connectivity index is 1.55. The van der Waals surface area contributed by atoms with Gasteiger partial charge in [0.25, 0.3) is 20.0 Å². The maximum absolute atomic E-state index is 13.7. The molecule has 0 saturated heterocycles. The third-order valence-electron chi connectivity index (χ3n) is 6.72. The highest BCUT2D eigenvalue weighted by Gasteiger charge is 2.28. The molecule has 9 nitrogen and oxygen atoms in total. The van der Waals surface area contributed by atoms with Gasteiger partial charge in [0.05, 0.1) is 28.3 Å². The molecule has 0 aromatic heterocycles. The maximum Gasteiger partial charge on any atom is 0.264 e. The highest BCUT2D eigenvalue weighted by molar-refractivity contribution is 7.93. The van der Waals surface area contributed by atoms with Crippen molar-refractivity contribution in [1.82, 2.24) is 0 Å². The summed E-state index contributed by atoms with van der Waals surface area (Å²) < 4.78 is 62.2. The Labute approximate surface area is 247 Å². The van der Waals surface area contributed by atoms with Crippen LogP contribution in [0.2, 0.25) is 0 Å². The molecule has 0 saturated carbocycles. The van der Waals surface area contributed by atoms with Crippen LogP contribution >= 0.6 is 0 Å². The van der Waals surface area contributed by atoms with E-state index in [9.17, 15) is 21.6 Å². The molecule has 1 amide bonds. The first kappa shape index (κ1) is 30.6. The number of carbonyl (C=O) groups is 1. The molecule has 0 spiro atoms. The maximum atomic E-state index is 13.7. The van der Waals surface area contributed by atoms with Crippen LogP contribution in [0.15, 0.2) is 94.7 Å². The zero-order valence-electron chi connectivity index (χ0n) is 24.0. The molecule has 4 aromatic carbocycles. The average Bonchev–Trinajstić information content (AvgIpc) is 2.94. The van der Waals surface area contributed by atoms with E-state index in [1.54, 1.807) is 48.5 Å². The van der Waals surface area contributed by atoms with Crippen molar-refractivity contribution in [3.63, 3.8) is 0 Å². The van der Waals surface area contributed by atoms with Crippen LogP contribution in [0.1, 0.15) is 22.3 Å². The summed E-state index contributed by atoms with van der Waals surface area (Å²) in [6, 6.07) is 22.3. The van der Waals surface area contributed by atoms with E-state index in [4.69, 9.17) is 4.74 Å². The average molecular weight is 608 g/mol. The predicted octanol–water partition coefficient (Wildman–Crippen LogP) is 5.56. The first-order valence-corrected chi connectivity index (χ1v) is 16.0. The number of hydrogen-bond acceptors (Lipinski definition) is 6. The van der Waals surface area contributed by atoms with Crippen molar-refractivity contribution in [3.8, 4) is 5.75 Å². The molecule has 11 heteroatoms. The number of nitrogens with one attached hydrogen (secondary N) is 2. The standard InChI is InChI=1S/C31H33N3O6S2/c1-21-6-13-28(14-7-21)42(38,39)34(26-12-9-23(3)24(4)19-26)20-31(35)32-25-10-15-27(16-11-25)41(36,37)33-29-18-22(2)8-17-30(29)40-5/h6-19,33H,20H2,1-5H3,(H,32,35). The minimum absolute atomic E-state index is 0.0252. The summed E-state index contributed by atoms with van der Waals surface area (Å²) in [5, 5.41) is 2.67. The lowest BCUT2D eigenvalue weighted by Gasteiger charge is -2.25. The van der Waals surface area contributed by atoms with Gasteiger partial charge in [-0.3, -0.25) is 13.8 Å². The lowest BCUT2D eigenvalue weighted by molar-refractivity contribution is -0.114. The summed E-state index contributed by atoms with van der Waals surface area (Å²) in [4.78, 5) is 13.2. The Bertz CT molecular complexity index is 1820. The molecule has 0 atom stereocenters. The number of benzene rings is 4. The van der Waals surface area contributed by atoms with Crippen molar-refractivity contribution >= 4 is 43.0 Å². The minimum Gasteiger partial charge on any atom is -0.495 e. The molecule has 4 aromatic rings. The number of aryl methyl sites for hydroxylation is 4. The summed E-state index contributed by atoms with van der Waals surface area (Å²) in [5.41, 5.74) is 4.59. The molecule has 0 bridgehead atoms. The van der Waals surface area contributed by atoms with Gasteiger partial charge in [-0.1, -0.05) is 29.8 Å². The molecular weight excluding hydrogens is 574 g/mol. The van der Waals surface area contributed by atoms with E-state index in [0.717, 1.165) is 26.6 Å². The van der Waals surface area contributed by atoms with Crippen molar-refractivity contribution in [2.24, 2.45) is 0 Å². The quantitative estimate of drug-likeness (QED) is 0.243. The van der Waals surface area contributed by atoms with E-state index >= 15 is 0 Å². The van der Waals surface area contributed by atoms with Crippen LogP contribution in [0.25, 0.3) is 0 Å². The number of rotatable bonds is 10. The zero-order chi connectivity index (χ0) is 30.7. The van der Waals surface area contributed by atoms with Crippen LogP contribution < -0.4 is 19.1 Å². The Hall–Kier alpha value is -4.35. The predicted molar refractivity (Wildman–Crippen MR) is 165 cm³/mol. The molecular formula is C31H33N3O6S2. The van der Waals surface area contributed by atoms with Gasteiger partial charge in [0.15, 0.2) is 0 Å². The monoisotopic (exact) mass is 607 g/mol. The van der Waals surface area contributed by atoms with Gasteiger partial charge >= 0.3 is 0 Å². The van der Waals surface area contributed by atoms with Gasteiger partial charge in [0.2, 0.25) is 5.91 Å². The van der Waals surface area contributed by atoms with E-state index in [1.807, 2.05) is 27.7 Å². The molecule has 4 rings (SSSR count). The minimum atomic E-state index is -4.08. The molecule has 0 radical (unpaired) electrons. The Morgan fingerprint density at radius 2 is 1.36 bits per heavy atom. The zero-order valence-corrected chi connectivity index (χ0v) is 25.6. The summed E-state index contributed by atoms with van der Waals surface area (Å²) in [6.45, 7) is 6.99. The van der Waals surface area contributed by atoms with E-state index in [-0.39, 0.29) is 9.79 Å². The molecule has 42 heavy (non-hydrogen) atoms. The first-order chi connectivity index (χ1) is 19.8. The SMILES string of the molecule is COc1ccc(C)cc1NS(=O)(=O)c1ccc(NC(=O)CN(c2ccc(C)c(C)c2)S(=O)(=O)c2ccc(C)cc2)cc1. The molecule has 0 aliphatic carbocycles. The highest BCUT2D eigenvalue weighted by atomic mass is 32.2. The van der Waals surface area contributed by atoms with Crippen LogP contribution in [0, 0.1) is 27.7 Å². The largest absolute Gasteiger partial charge is 0.495 e. The fourth-order valence-electron chi connectivity index (χ4n) is 4.19. The fraction of sp³-hybridized carbons (Fsp3) is 0.194. The summed E-state index contributed by atoms with van der Waals surface area (Å²) in [7, 11) is -6.58. The fourth-order valence-corrected chi connectivity index (χ4v) is 6.66. The number of nitrogens with zero attached hydrogens (tertiary/aromatic N) is 1. The number of ether oxygens (including phenoxy) is 1. The molecule has 2 N–H and O–H groups in total. The van der Waals surface area contributed by atoms with E-state index in [1.165, 1.54) is 43.5 Å². The van der Waals surface area contributed by atoms with Gasteiger partial charge in [-0.25, -0.2) is 16.8 Å². The Kier molecular flexibility index (Phi) is 8.93. The van der Waals surface area contributed by atoms with Gasteiger partial charge in [-0.15, -0.1) is 0 Å². The number of hydrogen-bond donors (Lipinski definition) is 2. The molecule has 0 heterocycles. The van der Waals surface area contributed by atoms with Crippen LogP contribution in [0.5, 0.6) is 5.75 Å². The van der Waals surface area contributed by atoms with Crippen LogP contribution in [-0.2, 0) is 24.8 Å². The summed E-state index contributed by atoms with van der Waals surface area (Å²) >= 11 is 0. The van der Waals surface area contributed by atoms with Crippen molar-refractivity contribution in [1.29, 1.82) is 0 Å². The number of methoxy groups -OCH3 is 1. The summed E-state index contributed by atoms with van der Waals surface area (Å²) in [5.74, 6) is -0.218. The van der Waals surface area contributed by atoms with Gasteiger partial charge in [0.1, 0.15) is 12.3 Å². The van der Waals surface area contributed by atoms with Gasteiger partial charge in [-0.05, 0) is 105 Å². The second-order valence-corrected chi connectivity index (χ2v) is 13.5. The first-order valence-electron chi connectivity index (χ1n) is 13.0. The van der Waals surface area contributed by atoms with Crippen molar-refractivity contribution in [2.75, 3.05) is 28.0 Å². The van der Waals surface area contributed by atoms with Crippen LogP contribution in [0.4, 0.5) is 17.1 Å².